The molecule has 0 fully saturated rings. The first-order valence-corrected chi connectivity index (χ1v) is 6.42. The van der Waals surface area contributed by atoms with Crippen LogP contribution in [-0.2, 0) is 20.9 Å². The van der Waals surface area contributed by atoms with E-state index in [9.17, 15) is 9.59 Å². The highest BCUT2D eigenvalue weighted by molar-refractivity contribution is 7.16. The molecule has 1 atom stereocenters. The van der Waals surface area contributed by atoms with Crippen LogP contribution in [0.25, 0.3) is 0 Å². The van der Waals surface area contributed by atoms with Gasteiger partial charge >= 0.3 is 5.97 Å². The molecule has 0 aliphatic heterocycles. The molecular formula is C11H14ClNO4S. The SMILES string of the molecule is C[C@H](OCC(=O)N(C)Cc1ccc(Cl)s1)C(=O)O. The molecule has 0 radical (unpaired) electrons. The van der Waals surface area contributed by atoms with E-state index >= 15 is 0 Å². The molecule has 1 heterocycles. The van der Waals surface area contributed by atoms with E-state index in [1.807, 2.05) is 6.07 Å². The molecule has 1 rings (SSSR count). The van der Waals surface area contributed by atoms with Gasteiger partial charge in [-0.2, -0.15) is 0 Å². The zero-order valence-corrected chi connectivity index (χ0v) is 11.6. The van der Waals surface area contributed by atoms with Gasteiger partial charge in [-0.3, -0.25) is 4.79 Å². The van der Waals surface area contributed by atoms with Crippen LogP contribution in [0.5, 0.6) is 0 Å². The molecule has 1 N–H and O–H groups in total. The molecule has 1 amide bonds. The van der Waals surface area contributed by atoms with Crippen molar-refractivity contribution in [2.75, 3.05) is 13.7 Å². The normalized spacial score (nSPS) is 12.2. The van der Waals surface area contributed by atoms with E-state index in [1.165, 1.54) is 23.2 Å². The highest BCUT2D eigenvalue weighted by Crippen LogP contribution is 2.22. The minimum absolute atomic E-state index is 0.247. The van der Waals surface area contributed by atoms with Gasteiger partial charge in [0.2, 0.25) is 5.91 Å². The van der Waals surface area contributed by atoms with Gasteiger partial charge in [0.25, 0.3) is 0 Å². The third kappa shape index (κ3) is 4.64. The Morgan fingerprint density at radius 3 is 2.72 bits per heavy atom. The van der Waals surface area contributed by atoms with Crippen LogP contribution in [0, 0.1) is 0 Å². The summed E-state index contributed by atoms with van der Waals surface area (Å²) in [6.07, 6.45) is -0.987. The molecule has 0 aliphatic carbocycles. The van der Waals surface area contributed by atoms with E-state index in [-0.39, 0.29) is 12.5 Å². The van der Waals surface area contributed by atoms with Gasteiger partial charge in [0.1, 0.15) is 6.61 Å². The standard InChI is InChI=1S/C11H14ClNO4S/c1-7(11(15)16)17-6-10(14)13(2)5-8-3-4-9(12)18-8/h3-4,7H,5-6H2,1-2H3,(H,15,16)/t7-/m0/s1. The second-order valence-corrected chi connectivity index (χ2v) is 5.55. The van der Waals surface area contributed by atoms with Crippen molar-refractivity contribution in [2.45, 2.75) is 19.6 Å². The highest BCUT2D eigenvalue weighted by Gasteiger charge is 2.16. The Balaban J connectivity index is 2.39. The zero-order chi connectivity index (χ0) is 13.7. The number of carboxylic acid groups (broad SMARTS) is 1. The number of carbonyl (C=O) groups excluding carboxylic acids is 1. The largest absolute Gasteiger partial charge is 0.479 e. The first-order valence-electron chi connectivity index (χ1n) is 5.22. The van der Waals surface area contributed by atoms with E-state index in [2.05, 4.69) is 0 Å². The molecule has 100 valence electrons. The second kappa shape index (κ2) is 6.72. The van der Waals surface area contributed by atoms with Crippen molar-refractivity contribution in [2.24, 2.45) is 0 Å². The number of carboxylic acids is 1. The van der Waals surface area contributed by atoms with Crippen LogP contribution in [0.3, 0.4) is 0 Å². The Morgan fingerprint density at radius 1 is 1.56 bits per heavy atom. The number of amides is 1. The van der Waals surface area contributed by atoms with E-state index in [0.717, 1.165) is 4.88 Å². The number of aliphatic carboxylic acids is 1. The van der Waals surface area contributed by atoms with Crippen molar-refractivity contribution >= 4 is 34.8 Å². The molecule has 0 saturated carbocycles. The molecule has 1 aromatic heterocycles. The number of likely N-dealkylation sites (N-methyl/N-ethyl adjacent to an activating group) is 1. The molecule has 5 nitrogen and oxygen atoms in total. The smallest absolute Gasteiger partial charge is 0.332 e. The predicted octanol–water partition coefficient (Wildman–Crippen LogP) is 1.85. The molecular weight excluding hydrogens is 278 g/mol. The molecule has 18 heavy (non-hydrogen) atoms. The average molecular weight is 292 g/mol. The fraction of sp³-hybridized carbons (Fsp3) is 0.455. The van der Waals surface area contributed by atoms with Crippen LogP contribution >= 0.6 is 22.9 Å². The maximum Gasteiger partial charge on any atom is 0.332 e. The van der Waals surface area contributed by atoms with E-state index < -0.39 is 12.1 Å². The van der Waals surface area contributed by atoms with E-state index in [1.54, 1.807) is 13.1 Å². The van der Waals surface area contributed by atoms with Gasteiger partial charge < -0.3 is 14.7 Å². The van der Waals surface area contributed by atoms with E-state index in [0.29, 0.717) is 10.9 Å². The van der Waals surface area contributed by atoms with Gasteiger partial charge in [0.05, 0.1) is 10.9 Å². The number of carbonyl (C=O) groups is 2. The number of nitrogens with zero attached hydrogens (tertiary/aromatic N) is 1. The molecule has 0 spiro atoms. The quantitative estimate of drug-likeness (QED) is 0.868. The summed E-state index contributed by atoms with van der Waals surface area (Å²) in [7, 11) is 1.63. The number of rotatable bonds is 6. The molecule has 0 unspecified atom stereocenters. The summed E-state index contributed by atoms with van der Waals surface area (Å²) in [5, 5.41) is 8.61. The average Bonchev–Trinajstić information content (AvgIpc) is 2.70. The number of thiophene rings is 1. The summed E-state index contributed by atoms with van der Waals surface area (Å²) in [5.41, 5.74) is 0. The van der Waals surface area contributed by atoms with Crippen molar-refractivity contribution in [1.29, 1.82) is 0 Å². The monoisotopic (exact) mass is 291 g/mol. The third-order valence-electron chi connectivity index (χ3n) is 2.25. The second-order valence-electron chi connectivity index (χ2n) is 3.75. The Kier molecular flexibility index (Phi) is 5.58. The van der Waals surface area contributed by atoms with Crippen molar-refractivity contribution < 1.29 is 19.4 Å². The number of hydrogen-bond acceptors (Lipinski definition) is 4. The molecule has 0 saturated heterocycles. The molecule has 1 aromatic rings. The maximum atomic E-state index is 11.7. The van der Waals surface area contributed by atoms with Gasteiger partial charge in [-0.25, -0.2) is 4.79 Å². The molecule has 7 heteroatoms. The van der Waals surface area contributed by atoms with Gasteiger partial charge in [-0.05, 0) is 19.1 Å². The summed E-state index contributed by atoms with van der Waals surface area (Å²) >= 11 is 7.19. The number of hydrogen-bond donors (Lipinski definition) is 1. The summed E-state index contributed by atoms with van der Waals surface area (Å²) in [4.78, 5) is 24.6. The van der Waals surface area contributed by atoms with Crippen LogP contribution in [0.4, 0.5) is 0 Å². The topological polar surface area (TPSA) is 66.8 Å². The highest BCUT2D eigenvalue weighted by atomic mass is 35.5. The Hall–Kier alpha value is -1.11. The van der Waals surface area contributed by atoms with Gasteiger partial charge in [0, 0.05) is 11.9 Å². The lowest BCUT2D eigenvalue weighted by molar-refractivity contribution is -0.152. The fourth-order valence-electron chi connectivity index (χ4n) is 1.14. The predicted molar refractivity (Wildman–Crippen MR) is 68.9 cm³/mol. The number of halogens is 1. The Morgan fingerprint density at radius 2 is 2.22 bits per heavy atom. The van der Waals surface area contributed by atoms with Crippen molar-refractivity contribution in [3.8, 4) is 0 Å². The minimum Gasteiger partial charge on any atom is -0.479 e. The molecule has 0 aliphatic rings. The summed E-state index contributed by atoms with van der Waals surface area (Å²) in [5.74, 6) is -1.36. The summed E-state index contributed by atoms with van der Waals surface area (Å²) in [6.45, 7) is 1.57. The van der Waals surface area contributed by atoms with Crippen molar-refractivity contribution in [1.82, 2.24) is 4.90 Å². The number of ether oxygens (including phenoxy) is 1. The lowest BCUT2D eigenvalue weighted by atomic mass is 10.4. The van der Waals surface area contributed by atoms with Gasteiger partial charge in [0.15, 0.2) is 6.10 Å². The Bertz CT molecular complexity index is 434. The van der Waals surface area contributed by atoms with Crippen molar-refractivity contribution in [3.05, 3.63) is 21.3 Å². The third-order valence-corrected chi connectivity index (χ3v) is 3.47. The minimum atomic E-state index is -1.09. The van der Waals surface area contributed by atoms with Gasteiger partial charge in [-0.1, -0.05) is 11.6 Å². The molecule has 0 aromatic carbocycles. The van der Waals surface area contributed by atoms with Crippen LogP contribution in [-0.4, -0.2) is 41.6 Å². The fourth-order valence-corrected chi connectivity index (χ4v) is 2.28. The van der Waals surface area contributed by atoms with Crippen molar-refractivity contribution in [3.63, 3.8) is 0 Å². The van der Waals surface area contributed by atoms with Crippen LogP contribution in [0.2, 0.25) is 4.34 Å². The maximum absolute atomic E-state index is 11.7. The van der Waals surface area contributed by atoms with Crippen LogP contribution in [0.1, 0.15) is 11.8 Å². The Labute approximate surface area is 114 Å². The first-order chi connectivity index (χ1) is 8.40. The van der Waals surface area contributed by atoms with E-state index in [4.69, 9.17) is 21.4 Å². The van der Waals surface area contributed by atoms with Gasteiger partial charge in [-0.15, -0.1) is 11.3 Å². The summed E-state index contributed by atoms with van der Waals surface area (Å²) in [6, 6.07) is 3.61. The lowest BCUT2D eigenvalue weighted by Gasteiger charge is -2.17. The lowest BCUT2D eigenvalue weighted by Crippen LogP contribution is -2.32. The first kappa shape index (κ1) is 14.9. The van der Waals surface area contributed by atoms with Crippen LogP contribution < -0.4 is 0 Å². The van der Waals surface area contributed by atoms with Crippen LogP contribution in [0.15, 0.2) is 12.1 Å². The zero-order valence-electron chi connectivity index (χ0n) is 10.1. The summed E-state index contributed by atoms with van der Waals surface area (Å²) < 4.78 is 5.58. The molecule has 0 bridgehead atoms.